The maximum atomic E-state index is 12.4. The van der Waals surface area contributed by atoms with E-state index in [1.54, 1.807) is 6.92 Å². The summed E-state index contributed by atoms with van der Waals surface area (Å²) in [6.07, 6.45) is 9.31. The fourth-order valence-corrected chi connectivity index (χ4v) is 2.87. The van der Waals surface area contributed by atoms with Crippen LogP contribution in [0.5, 0.6) is 0 Å². The number of benzene rings is 1. The summed E-state index contributed by atoms with van der Waals surface area (Å²) in [6, 6.07) is 8.83. The molecular weight excluding hydrogens is 342 g/mol. The van der Waals surface area contributed by atoms with Crippen molar-refractivity contribution in [2.45, 2.75) is 77.7 Å². The molecule has 0 aromatic heterocycles. The summed E-state index contributed by atoms with van der Waals surface area (Å²) < 4.78 is 10.3. The minimum Gasteiger partial charge on any atom is -0.464 e. The Morgan fingerprint density at radius 3 is 2.15 bits per heavy atom. The summed E-state index contributed by atoms with van der Waals surface area (Å²) >= 11 is 0. The number of hydrogen-bond acceptors (Lipinski definition) is 4. The summed E-state index contributed by atoms with van der Waals surface area (Å²) in [6.45, 7) is 4.60. The minimum absolute atomic E-state index is 0.261. The van der Waals surface area contributed by atoms with Crippen LogP contribution in [0.1, 0.15) is 70.8 Å². The van der Waals surface area contributed by atoms with Gasteiger partial charge in [0.15, 0.2) is 0 Å². The average molecular weight is 378 g/mol. The number of nitrogens with one attached hydrogen (secondary N) is 1. The first kappa shape index (κ1) is 23.0. The zero-order valence-corrected chi connectivity index (χ0v) is 16.9. The molecule has 152 valence electrons. The predicted molar refractivity (Wildman–Crippen MR) is 108 cm³/mol. The van der Waals surface area contributed by atoms with E-state index in [2.05, 4.69) is 12.2 Å². The lowest BCUT2D eigenvalue weighted by Gasteiger charge is -2.17. The van der Waals surface area contributed by atoms with Crippen molar-refractivity contribution in [3.63, 3.8) is 0 Å². The molecule has 0 aliphatic carbocycles. The number of carbonyl (C=O) groups is 2. The molecule has 1 aromatic carbocycles. The van der Waals surface area contributed by atoms with Gasteiger partial charge in [0.2, 0.25) is 0 Å². The van der Waals surface area contributed by atoms with Crippen LogP contribution in [0.4, 0.5) is 4.79 Å². The van der Waals surface area contributed by atoms with Crippen molar-refractivity contribution in [1.29, 1.82) is 0 Å². The van der Waals surface area contributed by atoms with Crippen LogP contribution in [0, 0.1) is 0 Å². The molecule has 0 radical (unpaired) electrons. The smallest absolute Gasteiger partial charge is 0.407 e. The molecule has 0 aliphatic rings. The largest absolute Gasteiger partial charge is 0.464 e. The average Bonchev–Trinajstić information content (AvgIpc) is 2.67. The first-order valence-electron chi connectivity index (χ1n) is 10.3. The van der Waals surface area contributed by atoms with E-state index in [-0.39, 0.29) is 6.61 Å². The Hall–Kier alpha value is -2.04. The molecule has 0 spiro atoms. The Balaban J connectivity index is 2.34. The van der Waals surface area contributed by atoms with Crippen LogP contribution in [0.15, 0.2) is 30.3 Å². The van der Waals surface area contributed by atoms with Crippen molar-refractivity contribution in [1.82, 2.24) is 5.32 Å². The van der Waals surface area contributed by atoms with E-state index >= 15 is 0 Å². The highest BCUT2D eigenvalue weighted by Crippen LogP contribution is 2.09. The Kier molecular flexibility index (Phi) is 12.8. The number of rotatable bonds is 14. The van der Waals surface area contributed by atoms with Crippen LogP contribution in [0.25, 0.3) is 0 Å². The van der Waals surface area contributed by atoms with Gasteiger partial charge in [-0.2, -0.15) is 0 Å². The summed E-state index contributed by atoms with van der Waals surface area (Å²) in [5.41, 5.74) is 0.961. The van der Waals surface area contributed by atoms with Crippen LogP contribution >= 0.6 is 0 Å². The molecule has 0 fully saturated rings. The van der Waals surface area contributed by atoms with Crippen LogP contribution < -0.4 is 5.32 Å². The summed E-state index contributed by atoms with van der Waals surface area (Å²) in [5, 5.41) is 2.61. The molecule has 1 atom stereocenters. The van der Waals surface area contributed by atoms with Gasteiger partial charge in [-0.05, 0) is 18.9 Å². The fourth-order valence-electron chi connectivity index (χ4n) is 2.87. The SMILES string of the molecule is CCCCCCCCCCOC(=O)[C@H](Cc1ccccc1)NC(=O)OCC. The summed E-state index contributed by atoms with van der Waals surface area (Å²) in [5.74, 6) is -0.408. The zero-order valence-electron chi connectivity index (χ0n) is 16.9. The van der Waals surface area contributed by atoms with Gasteiger partial charge in [-0.25, -0.2) is 9.59 Å². The van der Waals surface area contributed by atoms with Crippen molar-refractivity contribution in [2.24, 2.45) is 0 Å². The lowest BCUT2D eigenvalue weighted by atomic mass is 10.1. The molecule has 0 saturated heterocycles. The number of ether oxygens (including phenoxy) is 2. The number of carbonyl (C=O) groups excluding carboxylic acids is 2. The van der Waals surface area contributed by atoms with Gasteiger partial charge in [-0.3, -0.25) is 0 Å². The molecule has 5 heteroatoms. The van der Waals surface area contributed by atoms with Crippen LogP contribution in [-0.2, 0) is 20.7 Å². The van der Waals surface area contributed by atoms with Crippen molar-refractivity contribution < 1.29 is 19.1 Å². The van der Waals surface area contributed by atoms with Gasteiger partial charge in [-0.15, -0.1) is 0 Å². The minimum atomic E-state index is -0.736. The third-order valence-corrected chi connectivity index (χ3v) is 4.38. The van der Waals surface area contributed by atoms with Crippen molar-refractivity contribution in [2.75, 3.05) is 13.2 Å². The van der Waals surface area contributed by atoms with E-state index < -0.39 is 18.1 Å². The number of hydrogen-bond donors (Lipinski definition) is 1. The standard InChI is InChI=1S/C22H35NO4/c1-3-5-6-7-8-9-10-14-17-27-21(24)20(23-22(25)26-4-2)18-19-15-12-11-13-16-19/h11-13,15-16,20H,3-10,14,17-18H2,1-2H3,(H,23,25)/t20-/m0/s1. The maximum absolute atomic E-state index is 12.4. The number of unbranched alkanes of at least 4 members (excludes halogenated alkanes) is 7. The molecule has 0 aliphatic heterocycles. The third kappa shape index (κ3) is 11.3. The Morgan fingerprint density at radius 1 is 0.889 bits per heavy atom. The second-order valence-corrected chi connectivity index (χ2v) is 6.75. The van der Waals surface area contributed by atoms with Gasteiger partial charge in [0.25, 0.3) is 0 Å². The molecule has 5 nitrogen and oxygen atoms in total. The van der Waals surface area contributed by atoms with Crippen molar-refractivity contribution in [3.8, 4) is 0 Å². The van der Waals surface area contributed by atoms with Gasteiger partial charge >= 0.3 is 12.1 Å². The van der Waals surface area contributed by atoms with E-state index in [1.165, 1.54) is 38.5 Å². The first-order valence-corrected chi connectivity index (χ1v) is 10.3. The third-order valence-electron chi connectivity index (χ3n) is 4.38. The Bertz CT molecular complexity index is 518. The molecule has 1 aromatic rings. The fraction of sp³-hybridized carbons (Fsp3) is 0.636. The molecule has 1 rings (SSSR count). The number of esters is 1. The quantitative estimate of drug-likeness (QED) is 0.365. The normalized spacial score (nSPS) is 11.6. The molecule has 1 N–H and O–H groups in total. The zero-order chi connectivity index (χ0) is 19.7. The van der Waals surface area contributed by atoms with Crippen LogP contribution in [-0.4, -0.2) is 31.3 Å². The van der Waals surface area contributed by atoms with E-state index in [1.807, 2.05) is 30.3 Å². The van der Waals surface area contributed by atoms with E-state index in [4.69, 9.17) is 9.47 Å². The molecule has 27 heavy (non-hydrogen) atoms. The first-order chi connectivity index (χ1) is 13.2. The second kappa shape index (κ2) is 15.1. The molecule has 1 amide bonds. The molecule has 0 saturated carbocycles. The second-order valence-electron chi connectivity index (χ2n) is 6.75. The van der Waals surface area contributed by atoms with E-state index in [0.29, 0.717) is 13.0 Å². The monoisotopic (exact) mass is 377 g/mol. The Labute approximate surface area is 163 Å². The highest BCUT2D eigenvalue weighted by Gasteiger charge is 2.23. The highest BCUT2D eigenvalue weighted by atomic mass is 16.6. The van der Waals surface area contributed by atoms with Crippen LogP contribution in [0.3, 0.4) is 0 Å². The number of amides is 1. The van der Waals surface area contributed by atoms with Crippen molar-refractivity contribution >= 4 is 12.1 Å². The lowest BCUT2D eigenvalue weighted by molar-refractivity contribution is -0.146. The highest BCUT2D eigenvalue weighted by molar-refractivity contribution is 5.81. The molecule has 0 bridgehead atoms. The predicted octanol–water partition coefficient (Wildman–Crippen LogP) is 5.03. The van der Waals surface area contributed by atoms with Crippen molar-refractivity contribution in [3.05, 3.63) is 35.9 Å². The maximum Gasteiger partial charge on any atom is 0.407 e. The van der Waals surface area contributed by atoms with E-state index in [9.17, 15) is 9.59 Å². The molecular formula is C22H35NO4. The van der Waals surface area contributed by atoms with Crippen LogP contribution in [0.2, 0.25) is 0 Å². The van der Waals surface area contributed by atoms with Gasteiger partial charge in [-0.1, -0.05) is 82.2 Å². The van der Waals surface area contributed by atoms with Gasteiger partial charge < -0.3 is 14.8 Å². The van der Waals surface area contributed by atoms with Gasteiger partial charge in [0.05, 0.1) is 13.2 Å². The Morgan fingerprint density at radius 2 is 1.52 bits per heavy atom. The lowest BCUT2D eigenvalue weighted by Crippen LogP contribution is -2.43. The van der Waals surface area contributed by atoms with Gasteiger partial charge in [0, 0.05) is 6.42 Å². The van der Waals surface area contributed by atoms with Gasteiger partial charge in [0.1, 0.15) is 6.04 Å². The van der Waals surface area contributed by atoms with E-state index in [0.717, 1.165) is 18.4 Å². The topological polar surface area (TPSA) is 64.6 Å². The summed E-state index contributed by atoms with van der Waals surface area (Å²) in [7, 11) is 0. The molecule has 0 unspecified atom stereocenters. The summed E-state index contributed by atoms with van der Waals surface area (Å²) in [4.78, 5) is 24.1. The number of alkyl carbamates (subject to hydrolysis) is 1. The molecule has 0 heterocycles.